The van der Waals surface area contributed by atoms with Crippen molar-refractivity contribution in [2.24, 2.45) is 0 Å². The van der Waals surface area contributed by atoms with Gasteiger partial charge in [0.15, 0.2) is 5.76 Å². The molecule has 0 amide bonds. The van der Waals surface area contributed by atoms with E-state index in [4.69, 9.17) is 0 Å². The van der Waals surface area contributed by atoms with Gasteiger partial charge in [-0.25, -0.2) is 0 Å². The van der Waals surface area contributed by atoms with Gasteiger partial charge in [0.2, 0.25) is 11.6 Å². The van der Waals surface area contributed by atoms with E-state index in [2.05, 4.69) is 0 Å². The van der Waals surface area contributed by atoms with Gasteiger partial charge >= 0.3 is 0 Å². The summed E-state index contributed by atoms with van der Waals surface area (Å²) in [6.07, 6.45) is 1.27. The molecule has 6 heteroatoms. The number of aliphatic hydroxyl groups is 2. The van der Waals surface area contributed by atoms with Crippen LogP contribution >= 0.6 is 0 Å². The molecule has 112 valence electrons. The number of hydrogen-bond donors (Lipinski definition) is 4. The van der Waals surface area contributed by atoms with Crippen LogP contribution in [0.25, 0.3) is 6.08 Å². The minimum atomic E-state index is -0.849. The summed E-state index contributed by atoms with van der Waals surface area (Å²) < 4.78 is 0. The monoisotopic (exact) mass is 300 g/mol. The number of rotatable bonds is 0. The molecule has 0 saturated carbocycles. The molecular weight excluding hydrogens is 288 g/mol. The third kappa shape index (κ3) is 1.54. The van der Waals surface area contributed by atoms with Crippen molar-refractivity contribution < 1.29 is 30.0 Å². The van der Waals surface area contributed by atoms with Gasteiger partial charge in [-0.2, -0.15) is 0 Å². The molecule has 0 unspecified atom stereocenters. The molecule has 0 atom stereocenters. The minimum absolute atomic E-state index is 0.0355. The van der Waals surface area contributed by atoms with Crippen molar-refractivity contribution >= 4 is 17.6 Å². The first-order valence-corrected chi connectivity index (χ1v) is 6.46. The third-order valence-corrected chi connectivity index (χ3v) is 3.92. The number of phenols is 2. The Balaban J connectivity index is 2.44. The van der Waals surface area contributed by atoms with Gasteiger partial charge in [0, 0.05) is 16.7 Å². The van der Waals surface area contributed by atoms with Crippen molar-refractivity contribution in [3.63, 3.8) is 0 Å². The number of hydrogen-bond acceptors (Lipinski definition) is 6. The zero-order valence-electron chi connectivity index (χ0n) is 11.8. The molecule has 0 fully saturated rings. The summed E-state index contributed by atoms with van der Waals surface area (Å²) in [6.45, 7) is 2.82. The number of carbonyl (C=O) groups excluding carboxylic acids is 2. The molecule has 2 aliphatic rings. The van der Waals surface area contributed by atoms with Crippen LogP contribution in [0.15, 0.2) is 34.3 Å². The molecule has 0 aromatic heterocycles. The SMILES string of the molecule is CC1=C(O)C2=Cc3c(O)cc(C)c(O)c3C(=O)C2=C(O)C1=O. The van der Waals surface area contributed by atoms with Crippen molar-refractivity contribution in [2.75, 3.05) is 0 Å². The van der Waals surface area contributed by atoms with Crippen LogP contribution in [0.1, 0.15) is 28.4 Å². The fourth-order valence-electron chi connectivity index (χ4n) is 2.67. The fourth-order valence-corrected chi connectivity index (χ4v) is 2.67. The molecule has 6 nitrogen and oxygen atoms in total. The number of fused-ring (bicyclic) bond motifs is 2. The Morgan fingerprint density at radius 2 is 1.55 bits per heavy atom. The molecule has 0 saturated heterocycles. The van der Waals surface area contributed by atoms with Gasteiger partial charge in [-0.3, -0.25) is 9.59 Å². The average Bonchev–Trinajstić information content (AvgIpc) is 2.47. The van der Waals surface area contributed by atoms with Crippen molar-refractivity contribution in [1.82, 2.24) is 0 Å². The summed E-state index contributed by atoms with van der Waals surface area (Å²) in [4.78, 5) is 24.4. The van der Waals surface area contributed by atoms with E-state index >= 15 is 0 Å². The lowest BCUT2D eigenvalue weighted by molar-refractivity contribution is -0.114. The lowest BCUT2D eigenvalue weighted by Crippen LogP contribution is -2.24. The molecule has 0 heterocycles. The van der Waals surface area contributed by atoms with Gasteiger partial charge in [-0.1, -0.05) is 0 Å². The quantitative estimate of drug-likeness (QED) is 0.546. The molecular formula is C16H12O6. The van der Waals surface area contributed by atoms with Crippen LogP contribution in [-0.2, 0) is 4.79 Å². The second kappa shape index (κ2) is 4.24. The number of phenolic OH excluding ortho intramolecular Hbond substituents is 2. The van der Waals surface area contributed by atoms with E-state index < -0.39 is 23.1 Å². The number of benzene rings is 1. The number of allylic oxidation sites excluding steroid dienone is 2. The number of Topliss-reactive ketones (excluding diaryl/α,β-unsaturated/α-hetero) is 2. The van der Waals surface area contributed by atoms with E-state index in [1.165, 1.54) is 26.0 Å². The maximum Gasteiger partial charge on any atom is 0.227 e. The molecule has 2 aliphatic carbocycles. The van der Waals surface area contributed by atoms with Gasteiger partial charge < -0.3 is 20.4 Å². The van der Waals surface area contributed by atoms with E-state index in [1.807, 2.05) is 0 Å². The second-order valence-electron chi connectivity index (χ2n) is 5.26. The Labute approximate surface area is 125 Å². The highest BCUT2D eigenvalue weighted by atomic mass is 16.3. The molecule has 0 spiro atoms. The van der Waals surface area contributed by atoms with Gasteiger partial charge in [-0.15, -0.1) is 0 Å². The zero-order chi connectivity index (χ0) is 16.3. The Morgan fingerprint density at radius 3 is 2.18 bits per heavy atom. The maximum absolute atomic E-state index is 12.6. The first kappa shape index (κ1) is 13.9. The molecule has 3 rings (SSSR count). The smallest absolute Gasteiger partial charge is 0.227 e. The summed E-state index contributed by atoms with van der Waals surface area (Å²) in [5, 5.41) is 40.1. The van der Waals surface area contributed by atoms with Gasteiger partial charge in [0.1, 0.15) is 17.3 Å². The Morgan fingerprint density at radius 1 is 0.909 bits per heavy atom. The van der Waals surface area contributed by atoms with E-state index in [1.54, 1.807) is 0 Å². The lowest BCUT2D eigenvalue weighted by Gasteiger charge is -2.25. The highest BCUT2D eigenvalue weighted by molar-refractivity contribution is 6.25. The van der Waals surface area contributed by atoms with Gasteiger partial charge in [-0.05, 0) is 31.6 Å². The summed E-state index contributed by atoms with van der Waals surface area (Å²) in [7, 11) is 0. The molecule has 0 aliphatic heterocycles. The number of carbonyl (C=O) groups is 2. The van der Waals surface area contributed by atoms with E-state index in [9.17, 15) is 30.0 Å². The van der Waals surface area contributed by atoms with Gasteiger partial charge in [0.25, 0.3) is 0 Å². The van der Waals surface area contributed by atoms with E-state index in [-0.39, 0.29) is 44.9 Å². The third-order valence-electron chi connectivity index (χ3n) is 3.92. The first-order valence-electron chi connectivity index (χ1n) is 6.46. The minimum Gasteiger partial charge on any atom is -0.507 e. The summed E-state index contributed by atoms with van der Waals surface area (Å²) in [5.41, 5.74) is -0.415. The normalized spacial score (nSPS) is 17.5. The molecule has 22 heavy (non-hydrogen) atoms. The standard InChI is InChI=1S/C16H12O6/c1-5-3-9(17)7-4-8-11(15(21)10(7)12(5)18)16(22)14(20)6(2)13(8)19/h3-4,17-19,22H,1-2H3. The lowest BCUT2D eigenvalue weighted by atomic mass is 9.79. The van der Waals surface area contributed by atoms with Crippen LogP contribution in [0.4, 0.5) is 0 Å². The van der Waals surface area contributed by atoms with Crippen molar-refractivity contribution in [3.05, 3.63) is 51.0 Å². The predicted octanol–water partition coefficient (Wildman–Crippen LogP) is 2.21. The topological polar surface area (TPSA) is 115 Å². The zero-order valence-corrected chi connectivity index (χ0v) is 11.8. The number of aliphatic hydroxyl groups excluding tert-OH is 2. The number of aromatic hydroxyl groups is 2. The molecule has 4 N–H and O–H groups in total. The Hall–Kier alpha value is -3.02. The molecule has 1 aromatic rings. The van der Waals surface area contributed by atoms with Crippen LogP contribution in [-0.4, -0.2) is 32.0 Å². The highest BCUT2D eigenvalue weighted by Crippen LogP contribution is 2.44. The second-order valence-corrected chi connectivity index (χ2v) is 5.26. The molecule has 0 bridgehead atoms. The Kier molecular flexibility index (Phi) is 2.68. The van der Waals surface area contributed by atoms with Crippen LogP contribution in [0.3, 0.4) is 0 Å². The van der Waals surface area contributed by atoms with Crippen molar-refractivity contribution in [2.45, 2.75) is 13.8 Å². The average molecular weight is 300 g/mol. The van der Waals surface area contributed by atoms with E-state index in [0.717, 1.165) is 0 Å². The first-order chi connectivity index (χ1) is 10.3. The summed E-state index contributed by atoms with van der Waals surface area (Å²) in [6, 6.07) is 1.29. The van der Waals surface area contributed by atoms with Crippen LogP contribution < -0.4 is 0 Å². The molecule has 1 aromatic carbocycles. The van der Waals surface area contributed by atoms with E-state index in [0.29, 0.717) is 0 Å². The summed E-state index contributed by atoms with van der Waals surface area (Å²) in [5.74, 6) is -3.47. The predicted molar refractivity (Wildman–Crippen MR) is 76.8 cm³/mol. The molecule has 0 radical (unpaired) electrons. The summed E-state index contributed by atoms with van der Waals surface area (Å²) >= 11 is 0. The van der Waals surface area contributed by atoms with Crippen LogP contribution in [0, 0.1) is 6.92 Å². The number of aryl methyl sites for hydroxylation is 1. The van der Waals surface area contributed by atoms with Gasteiger partial charge in [0.05, 0.1) is 11.1 Å². The van der Waals surface area contributed by atoms with Crippen molar-refractivity contribution in [1.29, 1.82) is 0 Å². The largest absolute Gasteiger partial charge is 0.507 e. The maximum atomic E-state index is 12.6. The van der Waals surface area contributed by atoms with Crippen LogP contribution in [0.5, 0.6) is 11.5 Å². The van der Waals surface area contributed by atoms with Crippen LogP contribution in [0.2, 0.25) is 0 Å². The number of ketones is 2. The Bertz CT molecular complexity index is 867. The highest BCUT2D eigenvalue weighted by Gasteiger charge is 2.39. The van der Waals surface area contributed by atoms with Crippen molar-refractivity contribution in [3.8, 4) is 11.5 Å². The fraction of sp³-hybridized carbons (Fsp3) is 0.125.